The highest BCUT2D eigenvalue weighted by Gasteiger charge is 1.93. The van der Waals surface area contributed by atoms with E-state index in [2.05, 4.69) is 52.0 Å². The molecule has 130 valence electrons. The molecule has 23 heavy (non-hydrogen) atoms. The highest BCUT2D eigenvalue weighted by molar-refractivity contribution is 5.49. The molecular formula is C22H36O. The maximum Gasteiger partial charge on any atom is 0.120 e. The van der Waals surface area contributed by atoms with E-state index in [-0.39, 0.29) is 0 Å². The Balaban J connectivity index is 3.96. The van der Waals surface area contributed by atoms with Crippen LogP contribution in [0.1, 0.15) is 87.4 Å². The van der Waals surface area contributed by atoms with Crippen LogP contribution in [-0.2, 0) is 4.79 Å². The van der Waals surface area contributed by atoms with Gasteiger partial charge in [-0.3, -0.25) is 0 Å². The third-order valence-electron chi connectivity index (χ3n) is 3.90. The molecule has 0 aromatic heterocycles. The van der Waals surface area contributed by atoms with Gasteiger partial charge in [0.25, 0.3) is 0 Å². The Bertz CT molecular complexity index is 488. The van der Waals surface area contributed by atoms with Crippen LogP contribution in [-0.4, -0.2) is 6.26 Å². The lowest BCUT2D eigenvalue weighted by Gasteiger charge is -2.02. The summed E-state index contributed by atoms with van der Waals surface area (Å²) in [6.45, 7) is 10.8. The second kappa shape index (κ2) is 14.2. The van der Waals surface area contributed by atoms with Gasteiger partial charge in [-0.25, -0.2) is 0 Å². The molecule has 0 radical (unpaired) electrons. The van der Waals surface area contributed by atoms with E-state index < -0.39 is 6.26 Å². The molecule has 0 amide bonds. The molecule has 0 unspecified atom stereocenters. The van der Waals surface area contributed by atoms with Crippen LogP contribution in [0.5, 0.6) is 0 Å². The van der Waals surface area contributed by atoms with Crippen molar-refractivity contribution in [1.82, 2.24) is 0 Å². The monoisotopic (exact) mass is 317 g/mol. The largest absolute Gasteiger partial charge is 0.303 e. The predicted octanol–water partition coefficient (Wildman–Crippen LogP) is 7.11. The molecule has 0 saturated heterocycles. The van der Waals surface area contributed by atoms with Gasteiger partial charge in [0.05, 0.1) is 0 Å². The maximum absolute atomic E-state index is 10.6. The van der Waals surface area contributed by atoms with Gasteiger partial charge >= 0.3 is 0 Å². The second-order valence-electron chi connectivity index (χ2n) is 6.73. The van der Waals surface area contributed by atoms with Crippen LogP contribution in [0.2, 0.25) is 0 Å². The molecule has 1 nitrogen and oxygen atoms in total. The summed E-state index contributed by atoms with van der Waals surface area (Å²) in [6, 6.07) is 0. The van der Waals surface area contributed by atoms with Crippen molar-refractivity contribution in [3.63, 3.8) is 0 Å². The first-order chi connectivity index (χ1) is 11.3. The molecule has 0 saturated carbocycles. The Hall–Kier alpha value is -1.37. The van der Waals surface area contributed by atoms with E-state index in [4.69, 9.17) is 1.37 Å². The highest BCUT2D eigenvalue weighted by atomic mass is 16.1. The van der Waals surface area contributed by atoms with Crippen LogP contribution in [0, 0.1) is 0 Å². The molecular weight excluding hydrogens is 280 g/mol. The lowest BCUT2D eigenvalue weighted by molar-refractivity contribution is -0.107. The summed E-state index contributed by atoms with van der Waals surface area (Å²) in [4.78, 5) is 10.6. The average Bonchev–Trinajstić information content (AvgIpc) is 2.49. The van der Waals surface area contributed by atoms with E-state index in [1.54, 1.807) is 0 Å². The molecule has 0 atom stereocenters. The van der Waals surface area contributed by atoms with Crippen molar-refractivity contribution >= 4 is 6.26 Å². The van der Waals surface area contributed by atoms with Gasteiger partial charge in [-0.15, -0.1) is 0 Å². The Morgan fingerprint density at radius 1 is 0.652 bits per heavy atom. The van der Waals surface area contributed by atoms with Crippen LogP contribution < -0.4 is 0 Å². The number of hydrogen-bond donors (Lipinski definition) is 0. The fourth-order valence-electron chi connectivity index (χ4n) is 2.35. The predicted molar refractivity (Wildman–Crippen MR) is 104 cm³/mol. The Kier molecular flexibility index (Phi) is 12.2. The van der Waals surface area contributed by atoms with Crippen molar-refractivity contribution < 1.29 is 6.17 Å². The second-order valence-corrected chi connectivity index (χ2v) is 6.73. The number of unbranched alkanes of at least 4 members (excludes halogenated alkanes) is 1. The molecule has 0 aliphatic heterocycles. The summed E-state index contributed by atoms with van der Waals surface area (Å²) in [6.07, 6.45) is 16.5. The number of hydrogen-bond acceptors (Lipinski definition) is 1. The molecule has 0 fully saturated rings. The number of rotatable bonds is 12. The third kappa shape index (κ3) is 15.3. The van der Waals surface area contributed by atoms with Crippen LogP contribution >= 0.6 is 0 Å². The lowest BCUT2D eigenvalue weighted by Crippen LogP contribution is -1.82. The molecule has 0 spiro atoms. The highest BCUT2D eigenvalue weighted by Crippen LogP contribution is 2.13. The molecule has 0 aromatic rings. The molecule has 1 heteroatoms. The van der Waals surface area contributed by atoms with Gasteiger partial charge < -0.3 is 4.79 Å². The fraction of sp³-hybridized carbons (Fsp3) is 0.591. The molecule has 0 aromatic carbocycles. The summed E-state index contributed by atoms with van der Waals surface area (Å²) in [5.74, 6) is 0. The van der Waals surface area contributed by atoms with Crippen molar-refractivity contribution in [1.29, 1.82) is 0 Å². The first-order valence-corrected chi connectivity index (χ1v) is 8.91. The first kappa shape index (κ1) is 19.7. The zero-order valence-electron chi connectivity index (χ0n) is 16.9. The minimum atomic E-state index is -0.470. The molecule has 0 aliphatic carbocycles. The summed E-state index contributed by atoms with van der Waals surface area (Å²) in [5.41, 5.74) is 5.56. The SMILES string of the molecule is [2H]C(=O)CC/C(C)=C/CC/C=C(\C)CC/C=C(\C)CCC=C(C)C. The Morgan fingerprint density at radius 3 is 1.48 bits per heavy atom. The topological polar surface area (TPSA) is 17.1 Å². The number of carbonyl (C=O) groups is 1. The fourth-order valence-corrected chi connectivity index (χ4v) is 2.35. The maximum atomic E-state index is 10.6. The van der Waals surface area contributed by atoms with Crippen LogP contribution in [0.15, 0.2) is 46.6 Å². The van der Waals surface area contributed by atoms with Crippen molar-refractivity contribution in [2.45, 2.75) is 86.0 Å². The zero-order chi connectivity index (χ0) is 18.4. The van der Waals surface area contributed by atoms with Crippen molar-refractivity contribution in [2.24, 2.45) is 0 Å². The van der Waals surface area contributed by atoms with Gasteiger partial charge in [-0.1, -0.05) is 46.6 Å². The normalized spacial score (nSPS) is 13.8. The Labute approximate surface area is 145 Å². The third-order valence-corrected chi connectivity index (χ3v) is 3.90. The van der Waals surface area contributed by atoms with Crippen molar-refractivity contribution in [3.8, 4) is 0 Å². The zero-order valence-corrected chi connectivity index (χ0v) is 15.9. The van der Waals surface area contributed by atoms with Gasteiger partial charge in [-0.05, 0) is 79.6 Å². The first-order valence-electron chi connectivity index (χ1n) is 9.41. The van der Waals surface area contributed by atoms with E-state index in [1.165, 1.54) is 28.7 Å². The molecule has 0 N–H and O–H groups in total. The van der Waals surface area contributed by atoms with Gasteiger partial charge in [0.15, 0.2) is 0 Å². The van der Waals surface area contributed by atoms with Gasteiger partial charge in [-0.2, -0.15) is 0 Å². The molecule has 0 bridgehead atoms. The minimum absolute atomic E-state index is 0.344. The average molecular weight is 318 g/mol. The van der Waals surface area contributed by atoms with Crippen LogP contribution in [0.3, 0.4) is 0 Å². The van der Waals surface area contributed by atoms with E-state index in [9.17, 15) is 4.79 Å². The molecule has 0 aliphatic rings. The smallest absolute Gasteiger partial charge is 0.120 e. The van der Waals surface area contributed by atoms with Gasteiger partial charge in [0.1, 0.15) is 7.63 Å². The molecule has 0 rings (SSSR count). The Morgan fingerprint density at radius 2 is 1.04 bits per heavy atom. The minimum Gasteiger partial charge on any atom is -0.303 e. The van der Waals surface area contributed by atoms with Crippen LogP contribution in [0.4, 0.5) is 0 Å². The van der Waals surface area contributed by atoms with Crippen molar-refractivity contribution in [3.05, 3.63) is 46.6 Å². The van der Waals surface area contributed by atoms with E-state index in [0.29, 0.717) is 6.42 Å². The summed E-state index contributed by atoms with van der Waals surface area (Å²) in [7, 11) is 0. The summed E-state index contributed by atoms with van der Waals surface area (Å²) < 4.78 is 6.91. The molecule has 0 heterocycles. The quantitative estimate of drug-likeness (QED) is 0.213. The summed E-state index contributed by atoms with van der Waals surface area (Å²) >= 11 is 0. The standard InChI is InChI=1S/C22H36O/c1-19(2)11-8-14-22(5)16-9-15-20(3)12-6-7-13-21(4)17-10-18-23/h11-13,16,18H,6-10,14-15,17H2,1-5H3/b20-12+,21-13+,22-16+/i18D. The number of allylic oxidation sites excluding steroid dienone is 8. The van der Waals surface area contributed by atoms with Gasteiger partial charge in [0.2, 0.25) is 0 Å². The summed E-state index contributed by atoms with van der Waals surface area (Å²) in [5, 5.41) is 0. The van der Waals surface area contributed by atoms with Crippen molar-refractivity contribution in [2.75, 3.05) is 0 Å². The lowest BCUT2D eigenvalue weighted by atomic mass is 10.1. The number of aldehydes is 1. The van der Waals surface area contributed by atoms with Gasteiger partial charge in [0, 0.05) is 6.42 Å². The number of carbonyl (C=O) groups excluding carboxylic acids is 1. The van der Waals surface area contributed by atoms with E-state index in [1.807, 2.05) is 6.92 Å². The van der Waals surface area contributed by atoms with Crippen LogP contribution in [0.25, 0.3) is 0 Å². The van der Waals surface area contributed by atoms with E-state index in [0.717, 1.165) is 38.5 Å². The van der Waals surface area contributed by atoms with E-state index >= 15 is 0 Å².